The molecule has 0 aliphatic carbocycles. The highest BCUT2D eigenvalue weighted by molar-refractivity contribution is 7.89. The highest BCUT2D eigenvalue weighted by Crippen LogP contribution is 2.17. The molecule has 0 N–H and O–H groups in total. The molecule has 1 saturated heterocycles. The highest BCUT2D eigenvalue weighted by atomic mass is 32.2. The van der Waals surface area contributed by atoms with Crippen molar-refractivity contribution in [2.45, 2.75) is 18.7 Å². The van der Waals surface area contributed by atoms with E-state index in [0.29, 0.717) is 0 Å². The molecule has 1 amide bonds. The van der Waals surface area contributed by atoms with Crippen LogP contribution in [0.2, 0.25) is 0 Å². The van der Waals surface area contributed by atoms with E-state index in [4.69, 9.17) is 4.74 Å². The van der Waals surface area contributed by atoms with Gasteiger partial charge in [0.25, 0.3) is 17.5 Å². The second-order valence-corrected chi connectivity index (χ2v) is 9.30. The van der Waals surface area contributed by atoms with Crippen LogP contribution in [-0.2, 0) is 19.6 Å². The van der Waals surface area contributed by atoms with E-state index < -0.39 is 28.5 Å². The van der Waals surface area contributed by atoms with Crippen molar-refractivity contribution in [1.82, 2.24) is 28.8 Å². The molecule has 0 atom stereocenters. The molecule has 0 radical (unpaired) electrons. The first-order valence-electron chi connectivity index (χ1n) is 9.97. The van der Waals surface area contributed by atoms with Crippen LogP contribution in [0.3, 0.4) is 0 Å². The number of hydrogen-bond acceptors (Lipinski definition) is 8. The number of carbonyl (C=O) groups excluding carboxylic acids is 2. The second kappa shape index (κ2) is 8.63. The first-order valence-corrected chi connectivity index (χ1v) is 11.4. The monoisotopic (exact) mass is 458 g/mol. The third-order valence-corrected chi connectivity index (χ3v) is 7.01. The Bertz CT molecular complexity index is 1270. The van der Waals surface area contributed by atoms with Crippen molar-refractivity contribution < 1.29 is 22.7 Å². The smallest absolute Gasteiger partial charge is 0.378 e. The van der Waals surface area contributed by atoms with Crippen molar-refractivity contribution in [2.24, 2.45) is 0 Å². The van der Waals surface area contributed by atoms with E-state index in [1.165, 1.54) is 25.9 Å². The lowest BCUT2D eigenvalue weighted by Crippen LogP contribution is -2.51. The normalized spacial score (nSPS) is 15.1. The summed E-state index contributed by atoms with van der Waals surface area (Å²) >= 11 is 0. The fraction of sp³-hybridized carbons (Fsp3) is 0.350. The van der Waals surface area contributed by atoms with Crippen LogP contribution in [0, 0.1) is 13.8 Å². The number of sulfonamides is 1. The van der Waals surface area contributed by atoms with E-state index in [2.05, 4.69) is 15.1 Å². The summed E-state index contributed by atoms with van der Waals surface area (Å²) in [6.45, 7) is 3.88. The Balaban J connectivity index is 1.33. The Morgan fingerprint density at radius 1 is 1.03 bits per heavy atom. The average molecular weight is 459 g/mol. The molecule has 2 aromatic heterocycles. The van der Waals surface area contributed by atoms with Gasteiger partial charge in [-0.05, 0) is 32.0 Å². The summed E-state index contributed by atoms with van der Waals surface area (Å²) in [5.74, 6) is -1.15. The van der Waals surface area contributed by atoms with Crippen LogP contribution in [0.4, 0.5) is 0 Å². The lowest BCUT2D eigenvalue weighted by atomic mass is 10.3. The van der Waals surface area contributed by atoms with Crippen molar-refractivity contribution in [3.8, 4) is 0 Å². The maximum Gasteiger partial charge on any atom is 0.378 e. The van der Waals surface area contributed by atoms with E-state index in [0.717, 1.165) is 11.4 Å². The molecular formula is C20H22N6O5S. The minimum absolute atomic E-state index is 0.162. The van der Waals surface area contributed by atoms with Crippen molar-refractivity contribution in [1.29, 1.82) is 0 Å². The number of amides is 1. The molecule has 0 unspecified atom stereocenters. The van der Waals surface area contributed by atoms with E-state index in [9.17, 15) is 18.0 Å². The van der Waals surface area contributed by atoms with Gasteiger partial charge in [-0.3, -0.25) is 4.79 Å². The highest BCUT2D eigenvalue weighted by Gasteiger charge is 2.30. The molecule has 3 aromatic rings. The SMILES string of the molecule is Cc1cc(C)n2nc(C(=O)OCC(=O)N3CCN(S(=O)(=O)c4ccccc4)CC3)nc2n1. The fourth-order valence-electron chi connectivity index (χ4n) is 3.46. The average Bonchev–Trinajstić information content (AvgIpc) is 3.22. The van der Waals surface area contributed by atoms with Crippen LogP contribution < -0.4 is 0 Å². The second-order valence-electron chi connectivity index (χ2n) is 7.36. The van der Waals surface area contributed by atoms with E-state index >= 15 is 0 Å². The Labute approximate surface area is 184 Å². The van der Waals surface area contributed by atoms with Crippen LogP contribution in [0.5, 0.6) is 0 Å². The minimum Gasteiger partial charge on any atom is -0.450 e. The number of benzene rings is 1. The molecule has 1 fully saturated rings. The van der Waals surface area contributed by atoms with Gasteiger partial charge >= 0.3 is 5.97 Å². The molecule has 4 rings (SSSR count). The number of ether oxygens (including phenoxy) is 1. The summed E-state index contributed by atoms with van der Waals surface area (Å²) in [5.41, 5.74) is 1.50. The molecule has 0 spiro atoms. The zero-order chi connectivity index (χ0) is 22.9. The van der Waals surface area contributed by atoms with Gasteiger partial charge < -0.3 is 9.64 Å². The van der Waals surface area contributed by atoms with E-state index in [1.807, 2.05) is 13.8 Å². The lowest BCUT2D eigenvalue weighted by molar-refractivity contribution is -0.135. The van der Waals surface area contributed by atoms with Gasteiger partial charge in [0.1, 0.15) is 0 Å². The summed E-state index contributed by atoms with van der Waals surface area (Å²) in [7, 11) is -3.61. The first-order chi connectivity index (χ1) is 15.3. The van der Waals surface area contributed by atoms with Crippen LogP contribution in [0.25, 0.3) is 5.78 Å². The zero-order valence-corrected chi connectivity index (χ0v) is 18.4. The van der Waals surface area contributed by atoms with Crippen molar-refractivity contribution in [2.75, 3.05) is 32.8 Å². The predicted octanol–water partition coefficient (Wildman–Crippen LogP) is 0.431. The topological polar surface area (TPSA) is 127 Å². The van der Waals surface area contributed by atoms with Gasteiger partial charge in [0.15, 0.2) is 6.61 Å². The van der Waals surface area contributed by atoms with Gasteiger partial charge in [-0.15, -0.1) is 5.10 Å². The van der Waals surface area contributed by atoms with Crippen molar-refractivity contribution in [3.63, 3.8) is 0 Å². The van der Waals surface area contributed by atoms with E-state index in [-0.39, 0.29) is 42.7 Å². The first kappa shape index (κ1) is 21.8. The zero-order valence-electron chi connectivity index (χ0n) is 17.6. The van der Waals surface area contributed by atoms with Crippen LogP contribution in [0.1, 0.15) is 22.0 Å². The molecule has 12 heteroatoms. The quantitative estimate of drug-likeness (QED) is 0.504. The maximum absolute atomic E-state index is 12.7. The molecule has 168 valence electrons. The molecule has 1 aromatic carbocycles. The molecule has 1 aliphatic heterocycles. The molecule has 1 aliphatic rings. The summed E-state index contributed by atoms with van der Waals surface area (Å²) in [5, 5.41) is 4.08. The van der Waals surface area contributed by atoms with Gasteiger partial charge in [0, 0.05) is 37.6 Å². The van der Waals surface area contributed by atoms with Crippen molar-refractivity contribution in [3.05, 3.63) is 53.6 Å². The van der Waals surface area contributed by atoms with E-state index in [1.54, 1.807) is 24.3 Å². The largest absolute Gasteiger partial charge is 0.450 e. The number of hydrogen-bond donors (Lipinski definition) is 0. The number of rotatable bonds is 5. The summed E-state index contributed by atoms with van der Waals surface area (Å²) < 4.78 is 33.2. The maximum atomic E-state index is 12.7. The number of piperazine rings is 1. The molecule has 0 bridgehead atoms. The Kier molecular flexibility index (Phi) is 5.89. The molecule has 11 nitrogen and oxygen atoms in total. The molecule has 3 heterocycles. The summed E-state index contributed by atoms with van der Waals surface area (Å²) in [6, 6.07) is 9.96. The van der Waals surface area contributed by atoms with Gasteiger partial charge in [-0.25, -0.2) is 22.7 Å². The lowest BCUT2D eigenvalue weighted by Gasteiger charge is -2.33. The third kappa shape index (κ3) is 4.32. The number of aromatic nitrogens is 4. The van der Waals surface area contributed by atoms with Gasteiger partial charge in [0.05, 0.1) is 4.90 Å². The molecule has 32 heavy (non-hydrogen) atoms. The minimum atomic E-state index is -3.61. The molecule has 0 saturated carbocycles. The summed E-state index contributed by atoms with van der Waals surface area (Å²) in [4.78, 5) is 34.7. The standard InChI is InChI=1S/C20H22N6O5S/c1-14-12-15(2)26-20(21-14)22-18(23-26)19(28)31-13-17(27)24-8-10-25(11-9-24)32(29,30)16-6-4-3-5-7-16/h3-7,12H,8-11,13H2,1-2H3. The van der Waals surface area contributed by atoms with Gasteiger partial charge in [0.2, 0.25) is 10.0 Å². The number of nitrogens with zero attached hydrogens (tertiary/aromatic N) is 6. The molecular weight excluding hydrogens is 436 g/mol. The Morgan fingerprint density at radius 3 is 2.41 bits per heavy atom. The summed E-state index contributed by atoms with van der Waals surface area (Å²) in [6.07, 6.45) is 0. The van der Waals surface area contributed by atoms with Crippen LogP contribution >= 0.6 is 0 Å². The van der Waals surface area contributed by atoms with Crippen LogP contribution in [0.15, 0.2) is 41.3 Å². The van der Waals surface area contributed by atoms with Gasteiger partial charge in [-0.1, -0.05) is 18.2 Å². The number of carbonyl (C=O) groups is 2. The number of aryl methyl sites for hydroxylation is 2. The number of fused-ring (bicyclic) bond motifs is 1. The predicted molar refractivity (Wildman–Crippen MR) is 112 cm³/mol. The fourth-order valence-corrected chi connectivity index (χ4v) is 4.90. The van der Waals surface area contributed by atoms with Crippen LogP contribution in [-0.4, -0.2) is 81.9 Å². The third-order valence-electron chi connectivity index (χ3n) is 5.10. The Hall–Kier alpha value is -3.38. The Morgan fingerprint density at radius 2 is 1.72 bits per heavy atom. The van der Waals surface area contributed by atoms with Crippen molar-refractivity contribution >= 4 is 27.7 Å². The van der Waals surface area contributed by atoms with Gasteiger partial charge in [-0.2, -0.15) is 9.29 Å². The number of esters is 1.